The average molecular weight is 428 g/mol. The Morgan fingerprint density at radius 1 is 1.07 bits per heavy atom. The molecule has 0 radical (unpaired) electrons. The quantitative estimate of drug-likeness (QED) is 0.804. The van der Waals surface area contributed by atoms with Crippen LogP contribution in [0.4, 0.5) is 16.2 Å². The first-order valence-electron chi connectivity index (χ1n) is 9.86. The Bertz CT molecular complexity index is 943. The number of thioether (sulfide) groups is 1. The van der Waals surface area contributed by atoms with Crippen molar-refractivity contribution in [3.05, 3.63) is 48.5 Å². The van der Waals surface area contributed by atoms with E-state index in [1.165, 1.54) is 0 Å². The molecule has 2 aromatic carbocycles. The third kappa shape index (κ3) is 3.79. The number of hydrogen-bond acceptors (Lipinski definition) is 5. The average Bonchev–Trinajstić information content (AvgIpc) is 3.10. The van der Waals surface area contributed by atoms with Crippen molar-refractivity contribution in [3.8, 4) is 11.5 Å². The number of benzene rings is 2. The van der Waals surface area contributed by atoms with Gasteiger partial charge in [-0.2, -0.15) is 0 Å². The molecule has 158 valence electrons. The molecular weight excluding hydrogens is 402 g/mol. The van der Waals surface area contributed by atoms with Crippen LogP contribution in [0.25, 0.3) is 0 Å². The number of anilines is 2. The number of methoxy groups -OCH3 is 2. The number of hydrogen-bond donors (Lipinski definition) is 1. The number of rotatable bonds is 4. The third-order valence-electron chi connectivity index (χ3n) is 5.61. The predicted octanol–water partition coefficient (Wildman–Crippen LogP) is 3.81. The van der Waals surface area contributed by atoms with Gasteiger partial charge >= 0.3 is 6.03 Å². The lowest BCUT2D eigenvalue weighted by Gasteiger charge is -2.43. The van der Waals surface area contributed by atoms with Crippen LogP contribution in [0.5, 0.6) is 11.5 Å². The molecule has 7 nitrogen and oxygen atoms in total. The van der Waals surface area contributed by atoms with E-state index in [9.17, 15) is 9.59 Å². The molecule has 3 amide bonds. The van der Waals surface area contributed by atoms with E-state index in [0.717, 1.165) is 11.4 Å². The van der Waals surface area contributed by atoms with E-state index in [-0.39, 0.29) is 16.8 Å². The summed E-state index contributed by atoms with van der Waals surface area (Å²) in [6.07, 6.45) is 1.42. The van der Waals surface area contributed by atoms with Crippen LogP contribution in [0.15, 0.2) is 48.5 Å². The maximum absolute atomic E-state index is 12.8. The van der Waals surface area contributed by atoms with Gasteiger partial charge in [0.15, 0.2) is 0 Å². The Hall–Kier alpha value is -2.87. The van der Waals surface area contributed by atoms with Crippen molar-refractivity contribution in [2.24, 2.45) is 0 Å². The second-order valence-electron chi connectivity index (χ2n) is 7.28. The molecule has 2 heterocycles. The van der Waals surface area contributed by atoms with Crippen LogP contribution in [0.2, 0.25) is 0 Å². The Morgan fingerprint density at radius 3 is 2.57 bits per heavy atom. The molecule has 1 spiro atoms. The lowest BCUT2D eigenvalue weighted by atomic mass is 10.0. The minimum Gasteiger partial charge on any atom is -0.497 e. The zero-order chi connectivity index (χ0) is 21.1. The lowest BCUT2D eigenvalue weighted by Crippen LogP contribution is -2.53. The van der Waals surface area contributed by atoms with Crippen LogP contribution < -0.4 is 19.7 Å². The monoisotopic (exact) mass is 427 g/mol. The summed E-state index contributed by atoms with van der Waals surface area (Å²) in [5.41, 5.74) is 1.49. The number of carbonyl (C=O) groups is 2. The highest BCUT2D eigenvalue weighted by atomic mass is 32.2. The molecule has 0 atom stereocenters. The maximum Gasteiger partial charge on any atom is 0.321 e. The number of urea groups is 1. The molecule has 0 saturated carbocycles. The fourth-order valence-electron chi connectivity index (χ4n) is 4.05. The normalized spacial score (nSPS) is 17.9. The molecule has 2 aliphatic heterocycles. The topological polar surface area (TPSA) is 71.1 Å². The fraction of sp³-hybridized carbons (Fsp3) is 0.364. The molecule has 0 aliphatic carbocycles. The van der Waals surface area contributed by atoms with Crippen LogP contribution in [0, 0.1) is 0 Å². The van der Waals surface area contributed by atoms with Gasteiger partial charge in [-0.05, 0) is 37.1 Å². The van der Waals surface area contributed by atoms with Gasteiger partial charge in [0, 0.05) is 24.8 Å². The zero-order valence-electron chi connectivity index (χ0n) is 17.1. The maximum atomic E-state index is 12.8. The third-order valence-corrected chi connectivity index (χ3v) is 7.13. The van der Waals surface area contributed by atoms with Gasteiger partial charge in [-0.15, -0.1) is 11.8 Å². The molecule has 8 heteroatoms. The van der Waals surface area contributed by atoms with E-state index >= 15 is 0 Å². The van der Waals surface area contributed by atoms with Crippen LogP contribution >= 0.6 is 11.8 Å². The summed E-state index contributed by atoms with van der Waals surface area (Å²) in [4.78, 5) is 28.9. The molecule has 0 unspecified atom stereocenters. The SMILES string of the molecule is COc1cccc(N2C(=O)CSC23CCN(C(=O)Nc2ccccc2OC)CC3)c1. The highest BCUT2D eigenvalue weighted by Gasteiger charge is 2.49. The van der Waals surface area contributed by atoms with Crippen molar-refractivity contribution in [2.45, 2.75) is 17.7 Å². The number of amides is 3. The lowest BCUT2D eigenvalue weighted by molar-refractivity contribution is -0.116. The van der Waals surface area contributed by atoms with Crippen LogP contribution in [-0.4, -0.2) is 54.8 Å². The summed E-state index contributed by atoms with van der Waals surface area (Å²) in [6.45, 7) is 1.14. The molecule has 0 aromatic heterocycles. The first kappa shape index (κ1) is 20.4. The van der Waals surface area contributed by atoms with Crippen molar-refractivity contribution >= 4 is 35.1 Å². The van der Waals surface area contributed by atoms with Crippen LogP contribution in [0.3, 0.4) is 0 Å². The number of nitrogens with one attached hydrogen (secondary N) is 1. The molecule has 0 bridgehead atoms. The van der Waals surface area contributed by atoms with Crippen molar-refractivity contribution in [2.75, 3.05) is 43.3 Å². The van der Waals surface area contributed by atoms with E-state index in [1.807, 2.05) is 53.4 Å². The van der Waals surface area contributed by atoms with Crippen molar-refractivity contribution in [1.82, 2.24) is 4.90 Å². The summed E-state index contributed by atoms with van der Waals surface area (Å²) in [6, 6.07) is 14.8. The standard InChI is InChI=1S/C22H25N3O4S/c1-28-17-7-5-6-16(14-17)25-20(26)15-30-22(25)10-12-24(13-11-22)21(27)23-18-8-3-4-9-19(18)29-2/h3-9,14H,10-13,15H2,1-2H3,(H,23,27). The molecule has 2 aromatic rings. The minimum atomic E-state index is -0.329. The highest BCUT2D eigenvalue weighted by molar-refractivity contribution is 8.02. The first-order valence-corrected chi connectivity index (χ1v) is 10.8. The molecule has 1 N–H and O–H groups in total. The molecule has 30 heavy (non-hydrogen) atoms. The summed E-state index contributed by atoms with van der Waals surface area (Å²) >= 11 is 1.67. The number of piperidine rings is 1. The first-order chi connectivity index (χ1) is 14.6. The Kier molecular flexibility index (Phi) is 5.76. The molecule has 4 rings (SSSR count). The van der Waals surface area contributed by atoms with Gasteiger partial charge in [0.1, 0.15) is 11.5 Å². The minimum absolute atomic E-state index is 0.0974. The van der Waals surface area contributed by atoms with E-state index in [4.69, 9.17) is 9.47 Å². The second kappa shape index (κ2) is 8.47. The van der Waals surface area contributed by atoms with Crippen LogP contribution in [-0.2, 0) is 4.79 Å². The molecular formula is C22H25N3O4S. The summed E-state index contributed by atoms with van der Waals surface area (Å²) < 4.78 is 10.6. The summed E-state index contributed by atoms with van der Waals surface area (Å²) in [7, 11) is 3.20. The molecule has 2 saturated heterocycles. The molecule has 2 fully saturated rings. The van der Waals surface area contributed by atoms with Gasteiger partial charge in [0.25, 0.3) is 0 Å². The largest absolute Gasteiger partial charge is 0.497 e. The number of ether oxygens (including phenoxy) is 2. The molecule has 2 aliphatic rings. The Labute approximate surface area is 180 Å². The van der Waals surface area contributed by atoms with Crippen molar-refractivity contribution < 1.29 is 19.1 Å². The number of carbonyl (C=O) groups excluding carboxylic acids is 2. The number of para-hydroxylation sites is 2. The van der Waals surface area contributed by atoms with Gasteiger partial charge < -0.3 is 19.7 Å². The van der Waals surface area contributed by atoms with Crippen molar-refractivity contribution in [1.29, 1.82) is 0 Å². The summed E-state index contributed by atoms with van der Waals surface area (Å²) in [5.74, 6) is 1.89. The smallest absolute Gasteiger partial charge is 0.321 e. The Morgan fingerprint density at radius 2 is 1.83 bits per heavy atom. The van der Waals surface area contributed by atoms with E-state index in [0.29, 0.717) is 43.1 Å². The van der Waals surface area contributed by atoms with Crippen LogP contribution in [0.1, 0.15) is 12.8 Å². The van der Waals surface area contributed by atoms with Gasteiger partial charge in [-0.3, -0.25) is 9.69 Å². The van der Waals surface area contributed by atoms with E-state index in [1.54, 1.807) is 30.9 Å². The number of nitrogens with zero attached hydrogens (tertiary/aromatic N) is 2. The van der Waals surface area contributed by atoms with Gasteiger partial charge in [-0.1, -0.05) is 18.2 Å². The Balaban J connectivity index is 1.47. The highest BCUT2D eigenvalue weighted by Crippen LogP contribution is 2.47. The van der Waals surface area contributed by atoms with Crippen molar-refractivity contribution in [3.63, 3.8) is 0 Å². The van der Waals surface area contributed by atoms with Gasteiger partial charge in [0.2, 0.25) is 5.91 Å². The number of likely N-dealkylation sites (tertiary alicyclic amines) is 1. The van der Waals surface area contributed by atoms with E-state index < -0.39 is 0 Å². The fourth-order valence-corrected chi connectivity index (χ4v) is 5.38. The van der Waals surface area contributed by atoms with Gasteiger partial charge in [0.05, 0.1) is 30.5 Å². The predicted molar refractivity (Wildman–Crippen MR) is 118 cm³/mol. The van der Waals surface area contributed by atoms with Gasteiger partial charge in [-0.25, -0.2) is 4.79 Å². The van der Waals surface area contributed by atoms with E-state index in [2.05, 4.69) is 5.32 Å². The second-order valence-corrected chi connectivity index (χ2v) is 8.62. The zero-order valence-corrected chi connectivity index (χ0v) is 17.9. The summed E-state index contributed by atoms with van der Waals surface area (Å²) in [5, 5.41) is 2.94.